The summed E-state index contributed by atoms with van der Waals surface area (Å²) < 4.78 is 0. The summed E-state index contributed by atoms with van der Waals surface area (Å²) in [5, 5.41) is 1.12. The number of aryl methyl sites for hydroxylation is 1. The molecule has 1 heterocycles. The minimum atomic E-state index is 0.483. The van der Waals surface area contributed by atoms with Gasteiger partial charge in [0.15, 0.2) is 0 Å². The molecule has 1 nitrogen and oxygen atoms in total. The standard InChI is InChI=1S/C11H15NS/c1-5-6-10(8(2)3)11-7-12-9(4)13-11/h1,7-8,10H,6H2,2-4H3. The largest absolute Gasteiger partial charge is 0.250 e. The van der Waals surface area contributed by atoms with Crippen LogP contribution < -0.4 is 0 Å². The summed E-state index contributed by atoms with van der Waals surface area (Å²) in [5.41, 5.74) is 0. The highest BCUT2D eigenvalue weighted by Crippen LogP contribution is 2.31. The average Bonchev–Trinajstić information content (AvgIpc) is 2.46. The van der Waals surface area contributed by atoms with Gasteiger partial charge in [0.25, 0.3) is 0 Å². The second-order valence-corrected chi connectivity index (χ2v) is 4.81. The van der Waals surface area contributed by atoms with Crippen LogP contribution in [0, 0.1) is 25.2 Å². The number of thiazole rings is 1. The van der Waals surface area contributed by atoms with E-state index in [1.807, 2.05) is 13.1 Å². The average molecular weight is 193 g/mol. The molecule has 1 atom stereocenters. The van der Waals surface area contributed by atoms with E-state index in [0.717, 1.165) is 11.4 Å². The third-order valence-electron chi connectivity index (χ3n) is 2.15. The Morgan fingerprint density at radius 3 is 2.69 bits per heavy atom. The lowest BCUT2D eigenvalue weighted by Crippen LogP contribution is -2.03. The quantitative estimate of drug-likeness (QED) is 0.672. The monoisotopic (exact) mass is 193 g/mol. The van der Waals surface area contributed by atoms with Gasteiger partial charge in [-0.1, -0.05) is 13.8 Å². The molecular weight excluding hydrogens is 178 g/mol. The van der Waals surface area contributed by atoms with Crippen molar-refractivity contribution in [2.45, 2.75) is 33.1 Å². The zero-order valence-electron chi connectivity index (χ0n) is 8.37. The SMILES string of the molecule is C#CCC(c1cnc(C)s1)C(C)C. The number of aromatic nitrogens is 1. The molecule has 2 heteroatoms. The zero-order chi connectivity index (χ0) is 9.84. The third kappa shape index (κ3) is 2.57. The molecule has 0 N–H and O–H groups in total. The summed E-state index contributed by atoms with van der Waals surface area (Å²) in [7, 11) is 0. The van der Waals surface area contributed by atoms with Gasteiger partial charge in [-0.3, -0.25) is 0 Å². The van der Waals surface area contributed by atoms with Gasteiger partial charge in [-0.25, -0.2) is 4.98 Å². The second-order valence-electron chi connectivity index (χ2n) is 3.54. The topological polar surface area (TPSA) is 12.9 Å². The predicted molar refractivity (Wildman–Crippen MR) is 57.9 cm³/mol. The molecular formula is C11H15NS. The Kier molecular flexibility index (Phi) is 3.50. The van der Waals surface area contributed by atoms with Gasteiger partial charge in [0.2, 0.25) is 0 Å². The highest BCUT2D eigenvalue weighted by atomic mass is 32.1. The molecule has 0 radical (unpaired) electrons. The second kappa shape index (κ2) is 4.43. The van der Waals surface area contributed by atoms with E-state index in [4.69, 9.17) is 6.42 Å². The molecule has 0 spiro atoms. The number of rotatable bonds is 3. The lowest BCUT2D eigenvalue weighted by atomic mass is 9.92. The van der Waals surface area contributed by atoms with Crippen molar-refractivity contribution in [3.8, 4) is 12.3 Å². The number of nitrogens with zero attached hydrogens (tertiary/aromatic N) is 1. The van der Waals surface area contributed by atoms with Gasteiger partial charge in [0, 0.05) is 23.4 Å². The maximum atomic E-state index is 5.35. The van der Waals surface area contributed by atoms with Crippen LogP contribution in [0.4, 0.5) is 0 Å². The van der Waals surface area contributed by atoms with Crippen LogP contribution in [0.25, 0.3) is 0 Å². The minimum absolute atomic E-state index is 0.483. The normalized spacial score (nSPS) is 12.8. The van der Waals surface area contributed by atoms with Crippen molar-refractivity contribution in [1.29, 1.82) is 0 Å². The predicted octanol–water partition coefficient (Wildman–Crippen LogP) is 3.21. The first kappa shape index (κ1) is 10.3. The Morgan fingerprint density at radius 2 is 2.31 bits per heavy atom. The van der Waals surface area contributed by atoms with Gasteiger partial charge in [-0.05, 0) is 12.8 Å². The molecule has 0 amide bonds. The van der Waals surface area contributed by atoms with Gasteiger partial charge in [0.1, 0.15) is 0 Å². The van der Waals surface area contributed by atoms with Crippen LogP contribution in [0.15, 0.2) is 6.20 Å². The van der Waals surface area contributed by atoms with Gasteiger partial charge >= 0.3 is 0 Å². The van der Waals surface area contributed by atoms with E-state index in [2.05, 4.69) is 24.8 Å². The number of terminal acetylenes is 1. The van der Waals surface area contributed by atoms with Gasteiger partial charge in [0.05, 0.1) is 5.01 Å². The molecule has 0 bridgehead atoms. The third-order valence-corrected chi connectivity index (χ3v) is 3.19. The summed E-state index contributed by atoms with van der Waals surface area (Å²) in [6, 6.07) is 0. The van der Waals surface area contributed by atoms with Crippen LogP contribution in [0.5, 0.6) is 0 Å². The molecule has 0 aromatic carbocycles. The van der Waals surface area contributed by atoms with E-state index in [1.165, 1.54) is 4.88 Å². The molecule has 70 valence electrons. The molecule has 13 heavy (non-hydrogen) atoms. The number of hydrogen-bond donors (Lipinski definition) is 0. The highest BCUT2D eigenvalue weighted by molar-refractivity contribution is 7.11. The fourth-order valence-electron chi connectivity index (χ4n) is 1.34. The van der Waals surface area contributed by atoms with Crippen LogP contribution in [-0.4, -0.2) is 4.98 Å². The highest BCUT2D eigenvalue weighted by Gasteiger charge is 2.16. The van der Waals surface area contributed by atoms with E-state index in [1.54, 1.807) is 11.3 Å². The molecule has 0 saturated carbocycles. The first-order valence-corrected chi connectivity index (χ1v) is 5.32. The van der Waals surface area contributed by atoms with Crippen molar-refractivity contribution in [1.82, 2.24) is 4.98 Å². The van der Waals surface area contributed by atoms with Crippen molar-refractivity contribution in [3.63, 3.8) is 0 Å². The van der Waals surface area contributed by atoms with Crippen molar-refractivity contribution in [2.75, 3.05) is 0 Å². The van der Waals surface area contributed by atoms with Crippen LogP contribution in [0.1, 0.15) is 36.1 Å². The van der Waals surface area contributed by atoms with Crippen molar-refractivity contribution in [3.05, 3.63) is 16.1 Å². The van der Waals surface area contributed by atoms with Crippen molar-refractivity contribution < 1.29 is 0 Å². The smallest absolute Gasteiger partial charge is 0.0896 e. The molecule has 1 rings (SSSR count). The van der Waals surface area contributed by atoms with Crippen LogP contribution in [0.2, 0.25) is 0 Å². The van der Waals surface area contributed by atoms with E-state index in [0.29, 0.717) is 11.8 Å². The maximum Gasteiger partial charge on any atom is 0.0896 e. The summed E-state index contributed by atoms with van der Waals surface area (Å²) in [4.78, 5) is 5.58. The molecule has 0 saturated heterocycles. The summed E-state index contributed by atoms with van der Waals surface area (Å²) in [6.07, 6.45) is 8.12. The first-order chi connectivity index (χ1) is 6.15. The minimum Gasteiger partial charge on any atom is -0.250 e. The van der Waals surface area contributed by atoms with Crippen LogP contribution in [0.3, 0.4) is 0 Å². The lowest BCUT2D eigenvalue weighted by Gasteiger charge is -2.15. The molecule has 0 aliphatic rings. The molecule has 0 aliphatic carbocycles. The Morgan fingerprint density at radius 1 is 1.62 bits per heavy atom. The van der Waals surface area contributed by atoms with Gasteiger partial charge in [-0.15, -0.1) is 23.7 Å². The first-order valence-electron chi connectivity index (χ1n) is 4.51. The van der Waals surface area contributed by atoms with E-state index in [9.17, 15) is 0 Å². The summed E-state index contributed by atoms with van der Waals surface area (Å²) in [5.74, 6) is 3.81. The van der Waals surface area contributed by atoms with E-state index < -0.39 is 0 Å². The van der Waals surface area contributed by atoms with E-state index >= 15 is 0 Å². The fourth-order valence-corrected chi connectivity index (χ4v) is 2.40. The lowest BCUT2D eigenvalue weighted by molar-refractivity contribution is 0.514. The molecule has 1 aromatic rings. The Bertz CT molecular complexity index is 306. The van der Waals surface area contributed by atoms with Crippen molar-refractivity contribution >= 4 is 11.3 Å². The Balaban J connectivity index is 2.83. The van der Waals surface area contributed by atoms with Gasteiger partial charge in [-0.2, -0.15) is 0 Å². The molecule has 0 aliphatic heterocycles. The fraction of sp³-hybridized carbons (Fsp3) is 0.545. The summed E-state index contributed by atoms with van der Waals surface area (Å²) >= 11 is 1.76. The summed E-state index contributed by atoms with van der Waals surface area (Å²) in [6.45, 7) is 6.44. The van der Waals surface area contributed by atoms with Crippen LogP contribution >= 0.6 is 11.3 Å². The van der Waals surface area contributed by atoms with Crippen LogP contribution in [-0.2, 0) is 0 Å². The Hall–Kier alpha value is -0.810. The molecule has 1 unspecified atom stereocenters. The maximum absolute atomic E-state index is 5.35. The molecule has 1 aromatic heterocycles. The molecule has 0 fully saturated rings. The number of hydrogen-bond acceptors (Lipinski definition) is 2. The van der Waals surface area contributed by atoms with Gasteiger partial charge < -0.3 is 0 Å². The van der Waals surface area contributed by atoms with E-state index in [-0.39, 0.29) is 0 Å². The Labute approximate surface area is 84.2 Å². The zero-order valence-corrected chi connectivity index (χ0v) is 9.19. The van der Waals surface area contributed by atoms with Crippen molar-refractivity contribution in [2.24, 2.45) is 5.92 Å².